The Kier molecular flexibility index (Phi) is 2.75. The van der Waals surface area contributed by atoms with Crippen molar-refractivity contribution in [2.24, 2.45) is 5.73 Å². The second kappa shape index (κ2) is 3.56. The van der Waals surface area contributed by atoms with Gasteiger partial charge in [0, 0.05) is 0 Å². The summed E-state index contributed by atoms with van der Waals surface area (Å²) in [5.41, 5.74) is 4.08. The molecule has 2 amide bonds. The first-order chi connectivity index (χ1) is 6.74. The molecule has 3 N–H and O–H groups in total. The van der Waals surface area contributed by atoms with E-state index in [-0.39, 0.29) is 0 Å². The smallest absolute Gasteiger partial charge is 0.455 e. The Morgan fingerprint density at radius 1 is 1.27 bits per heavy atom. The lowest BCUT2D eigenvalue weighted by atomic mass is 9.90. The van der Waals surface area contributed by atoms with Gasteiger partial charge < -0.3 is 9.47 Å². The molecule has 0 bridgehead atoms. The highest BCUT2D eigenvalue weighted by Crippen LogP contribution is 2.39. The van der Waals surface area contributed by atoms with Gasteiger partial charge in [-0.25, -0.2) is 4.99 Å². The van der Waals surface area contributed by atoms with Gasteiger partial charge in [0.1, 0.15) is 11.2 Å². The Morgan fingerprint density at radius 2 is 1.73 bits per heavy atom. The zero-order valence-electron chi connectivity index (χ0n) is 9.46. The highest BCUT2D eigenvalue weighted by Gasteiger charge is 2.48. The molecule has 0 unspecified atom stereocenters. The van der Waals surface area contributed by atoms with E-state index in [0.717, 1.165) is 0 Å². The third-order valence-electron chi connectivity index (χ3n) is 2.61. The van der Waals surface area contributed by atoms with Crippen molar-refractivity contribution >= 4 is 12.2 Å². The molecule has 0 spiro atoms. The van der Waals surface area contributed by atoms with E-state index in [1.54, 1.807) is 0 Å². The van der Waals surface area contributed by atoms with Crippen LogP contribution in [0.15, 0.2) is 12.0 Å². The van der Waals surface area contributed by atoms with E-state index in [4.69, 9.17) is 15.2 Å². The van der Waals surface area contributed by atoms with Crippen LogP contribution in [0.25, 0.3) is 0 Å². The van der Waals surface area contributed by atoms with Gasteiger partial charge in [0.25, 0.3) is 5.95 Å². The Morgan fingerprint density at radius 3 is 2.13 bits per heavy atom. The average molecular weight is 213 g/mol. The first-order valence-electron chi connectivity index (χ1n) is 4.72. The van der Waals surface area contributed by atoms with E-state index in [9.17, 15) is 4.79 Å². The summed E-state index contributed by atoms with van der Waals surface area (Å²) in [4.78, 5) is 12.7. The molecule has 1 heterocycles. The first-order valence-corrected chi connectivity index (χ1v) is 4.72. The minimum atomic E-state index is -0.622. The van der Waals surface area contributed by atoms with Gasteiger partial charge >= 0.3 is 6.03 Å². The van der Waals surface area contributed by atoms with Gasteiger partial charge in [-0.05, 0) is 27.7 Å². The van der Waals surface area contributed by atoms with Gasteiger partial charge in [-0.1, -0.05) is 0 Å². The number of hydrogen-bond donors (Lipinski definition) is 2. The fraction of sp³-hybridized carbons (Fsp3) is 0.600. The van der Waals surface area contributed by atoms with E-state index < -0.39 is 17.2 Å². The van der Waals surface area contributed by atoms with Gasteiger partial charge in [0.05, 0.1) is 12.3 Å². The van der Waals surface area contributed by atoms with Crippen molar-refractivity contribution in [1.29, 1.82) is 0 Å². The highest BCUT2D eigenvalue weighted by atomic mass is 16.7. The Labute approximate surface area is 89.0 Å². The topological polar surface area (TPSA) is 75.5 Å². The van der Waals surface area contributed by atoms with Crippen LogP contribution < -0.4 is 10.7 Å². The molecule has 0 aromatic rings. The molecule has 5 heteroatoms. The number of carbonyl (C=O) groups excluding carboxylic acids is 1. The van der Waals surface area contributed by atoms with Gasteiger partial charge in [0.15, 0.2) is 0 Å². The molecule has 1 fully saturated rings. The van der Waals surface area contributed by atoms with E-state index in [1.165, 1.54) is 12.3 Å². The lowest BCUT2D eigenvalue weighted by molar-refractivity contribution is -0.333. The van der Waals surface area contributed by atoms with Crippen LogP contribution in [0.1, 0.15) is 27.7 Å². The van der Waals surface area contributed by atoms with Gasteiger partial charge in [-0.15, -0.1) is 0 Å². The Balaban J connectivity index is 2.75. The number of hydrogen-bond acceptors (Lipinski definition) is 3. The second-order valence-electron chi connectivity index (χ2n) is 4.39. The number of carbonyl (C=O) groups is 1. The number of ether oxygens (including phenoxy) is 2. The molecule has 1 aliphatic heterocycles. The lowest BCUT2D eigenvalue weighted by Crippen LogP contribution is -2.76. The molecule has 5 nitrogen and oxygen atoms in total. The van der Waals surface area contributed by atoms with Gasteiger partial charge in [0.2, 0.25) is 0 Å². The molecule has 0 radical (unpaired) electrons. The standard InChI is InChI=1S/C10H16N2O3/c1-9(2)10(3,4)15-7(14-9)5-6-12-8(11)13/h5-6H,1-4H3,(H2,11,13)/p+1/b12-6+. The second-order valence-corrected chi connectivity index (χ2v) is 4.39. The molecular weight excluding hydrogens is 196 g/mol. The minimum Gasteiger partial charge on any atom is -0.455 e. The van der Waals surface area contributed by atoms with Gasteiger partial charge in [-0.2, -0.15) is 4.79 Å². The maximum atomic E-state index is 10.4. The molecule has 0 aromatic carbocycles. The van der Waals surface area contributed by atoms with E-state index >= 15 is 0 Å². The molecule has 1 aliphatic rings. The van der Waals surface area contributed by atoms with Crippen molar-refractivity contribution in [3.05, 3.63) is 12.0 Å². The molecule has 0 aromatic heterocycles. The molecule has 0 saturated carbocycles. The number of nitrogens with one attached hydrogen (secondary N) is 1. The van der Waals surface area contributed by atoms with Crippen LogP contribution in [-0.2, 0) is 9.47 Å². The van der Waals surface area contributed by atoms with Crippen molar-refractivity contribution in [3.63, 3.8) is 0 Å². The highest BCUT2D eigenvalue weighted by molar-refractivity contribution is 5.72. The van der Waals surface area contributed by atoms with Crippen molar-refractivity contribution in [2.45, 2.75) is 38.9 Å². The van der Waals surface area contributed by atoms with Gasteiger partial charge in [-0.3, -0.25) is 5.73 Å². The van der Waals surface area contributed by atoms with Crippen molar-refractivity contribution in [3.8, 4) is 0 Å². The summed E-state index contributed by atoms with van der Waals surface area (Å²) < 4.78 is 11.1. The summed E-state index contributed by atoms with van der Waals surface area (Å²) in [7, 11) is 0. The zero-order chi connectivity index (χ0) is 11.7. The summed E-state index contributed by atoms with van der Waals surface area (Å²) in [6.45, 7) is 7.76. The SMILES string of the molecule is CC1(C)OC(=C/C=[NH+]/C(N)=O)OC1(C)C. The summed E-state index contributed by atoms with van der Waals surface area (Å²) in [5, 5.41) is 0. The average Bonchev–Trinajstić information content (AvgIpc) is 2.19. The number of rotatable bonds is 1. The summed E-state index contributed by atoms with van der Waals surface area (Å²) >= 11 is 0. The fourth-order valence-electron chi connectivity index (χ4n) is 1.03. The van der Waals surface area contributed by atoms with E-state index in [2.05, 4.69) is 4.99 Å². The molecule has 1 rings (SSSR count). The molecule has 84 valence electrons. The maximum Gasteiger partial charge on any atom is 0.486 e. The third-order valence-corrected chi connectivity index (χ3v) is 2.61. The van der Waals surface area contributed by atoms with E-state index in [0.29, 0.717) is 5.95 Å². The molecule has 0 aliphatic carbocycles. The number of urea groups is 1. The van der Waals surface area contributed by atoms with Crippen molar-refractivity contribution < 1.29 is 19.3 Å². The van der Waals surface area contributed by atoms with Crippen LogP contribution >= 0.6 is 0 Å². The Hall–Kier alpha value is -1.52. The van der Waals surface area contributed by atoms with Crippen LogP contribution in [0.3, 0.4) is 0 Å². The molecular formula is C10H17N2O3+. The zero-order valence-corrected chi connectivity index (χ0v) is 9.46. The van der Waals surface area contributed by atoms with Crippen molar-refractivity contribution in [2.75, 3.05) is 0 Å². The molecule has 1 saturated heterocycles. The normalized spacial score (nSPS) is 22.3. The largest absolute Gasteiger partial charge is 0.486 e. The van der Waals surface area contributed by atoms with Crippen LogP contribution in [0.5, 0.6) is 0 Å². The van der Waals surface area contributed by atoms with Crippen LogP contribution in [0.2, 0.25) is 0 Å². The van der Waals surface area contributed by atoms with Crippen LogP contribution in [-0.4, -0.2) is 23.4 Å². The maximum absolute atomic E-state index is 10.4. The minimum absolute atomic E-state index is 0.374. The van der Waals surface area contributed by atoms with E-state index in [1.807, 2.05) is 27.7 Å². The number of amides is 2. The fourth-order valence-corrected chi connectivity index (χ4v) is 1.03. The molecule has 0 atom stereocenters. The quantitative estimate of drug-likeness (QED) is 0.585. The van der Waals surface area contributed by atoms with Crippen molar-refractivity contribution in [1.82, 2.24) is 0 Å². The lowest BCUT2D eigenvalue weighted by Gasteiger charge is -2.28. The first kappa shape index (κ1) is 11.6. The summed E-state index contributed by atoms with van der Waals surface area (Å²) in [6.07, 6.45) is 2.91. The number of allylic oxidation sites excluding steroid dienone is 1. The predicted molar refractivity (Wildman–Crippen MR) is 55.0 cm³/mol. The molecule has 15 heavy (non-hydrogen) atoms. The predicted octanol–water partition coefficient (Wildman–Crippen LogP) is -0.338. The number of nitrogens with two attached hydrogens (primary N) is 1. The van der Waals surface area contributed by atoms with Crippen LogP contribution in [0, 0.1) is 0 Å². The van der Waals surface area contributed by atoms with Crippen LogP contribution in [0.4, 0.5) is 4.79 Å². The number of primary amides is 1. The summed E-state index contributed by atoms with van der Waals surface area (Å²) in [6, 6.07) is -0.622. The third kappa shape index (κ3) is 2.49. The monoisotopic (exact) mass is 213 g/mol. The summed E-state index contributed by atoms with van der Waals surface area (Å²) in [5.74, 6) is 0.374. The Bertz CT molecular complexity index is 312.